The van der Waals surface area contributed by atoms with Gasteiger partial charge < -0.3 is 14.8 Å². The number of hydrogen-bond donors (Lipinski definition) is 1. The van der Waals surface area contributed by atoms with Crippen molar-refractivity contribution >= 4 is 23.3 Å². The Kier molecular flexibility index (Phi) is 6.76. The Morgan fingerprint density at radius 1 is 0.921 bits per heavy atom. The monoisotopic (exact) mass is 510 g/mol. The number of nitrogens with one attached hydrogen (secondary N) is 1. The fourth-order valence-corrected chi connectivity index (χ4v) is 4.95. The quantitative estimate of drug-likeness (QED) is 0.328. The molecular weight excluding hydrogens is 479 g/mol. The molecular formula is C31H31FN4O2. The fourth-order valence-electron chi connectivity index (χ4n) is 4.95. The summed E-state index contributed by atoms with van der Waals surface area (Å²) in [6, 6.07) is 22.5. The molecule has 38 heavy (non-hydrogen) atoms. The van der Waals surface area contributed by atoms with Crippen LogP contribution in [0.25, 0.3) is 5.69 Å². The summed E-state index contributed by atoms with van der Waals surface area (Å²) in [6.07, 6.45) is 1.96. The highest BCUT2D eigenvalue weighted by atomic mass is 19.1. The molecule has 3 amide bonds. The van der Waals surface area contributed by atoms with Crippen LogP contribution in [0.1, 0.15) is 42.3 Å². The smallest absolute Gasteiger partial charge is 0.316 e. The minimum atomic E-state index is -0.482. The number of amides is 3. The van der Waals surface area contributed by atoms with Crippen molar-refractivity contribution in [3.8, 4) is 5.69 Å². The predicted octanol–water partition coefficient (Wildman–Crippen LogP) is 6.61. The normalized spacial score (nSPS) is 14.2. The highest BCUT2D eigenvalue weighted by Crippen LogP contribution is 2.42. The van der Waals surface area contributed by atoms with Crippen LogP contribution >= 0.6 is 0 Å². The summed E-state index contributed by atoms with van der Waals surface area (Å²) >= 11 is 0. The van der Waals surface area contributed by atoms with Crippen molar-refractivity contribution in [3.05, 3.63) is 113 Å². The van der Waals surface area contributed by atoms with Gasteiger partial charge in [-0.3, -0.25) is 9.69 Å². The van der Waals surface area contributed by atoms with Gasteiger partial charge in [0.25, 0.3) is 0 Å². The molecule has 0 saturated carbocycles. The lowest BCUT2D eigenvalue weighted by Crippen LogP contribution is -2.49. The third-order valence-electron chi connectivity index (χ3n) is 7.12. The van der Waals surface area contributed by atoms with E-state index in [4.69, 9.17) is 0 Å². The molecule has 1 unspecified atom stereocenters. The maximum Gasteiger partial charge on any atom is 0.322 e. The Bertz CT molecular complexity index is 1490. The maximum atomic E-state index is 14.1. The van der Waals surface area contributed by atoms with Crippen LogP contribution in [-0.2, 0) is 4.79 Å². The van der Waals surface area contributed by atoms with E-state index in [0.29, 0.717) is 5.69 Å². The van der Waals surface area contributed by atoms with Crippen molar-refractivity contribution in [1.29, 1.82) is 0 Å². The summed E-state index contributed by atoms with van der Waals surface area (Å²) in [5.41, 5.74) is 6.17. The predicted molar refractivity (Wildman–Crippen MR) is 148 cm³/mol. The molecule has 5 rings (SSSR count). The maximum absolute atomic E-state index is 14.1. The van der Waals surface area contributed by atoms with E-state index in [1.165, 1.54) is 17.0 Å². The second kappa shape index (κ2) is 10.2. The minimum absolute atomic E-state index is 0.124. The third-order valence-corrected chi connectivity index (χ3v) is 7.12. The van der Waals surface area contributed by atoms with Gasteiger partial charge in [0.1, 0.15) is 18.4 Å². The summed E-state index contributed by atoms with van der Waals surface area (Å²) in [7, 11) is 0. The highest BCUT2D eigenvalue weighted by Gasteiger charge is 2.37. The number of fused-ring (bicyclic) bond motifs is 3. The summed E-state index contributed by atoms with van der Waals surface area (Å²) in [5.74, 6) is -0.574. The van der Waals surface area contributed by atoms with E-state index in [9.17, 15) is 14.0 Å². The average Bonchev–Trinajstić information content (AvgIpc) is 3.39. The van der Waals surface area contributed by atoms with Crippen LogP contribution in [0, 0.1) is 19.7 Å². The zero-order chi connectivity index (χ0) is 27.0. The number of nitrogens with zero attached hydrogens (tertiary/aromatic N) is 3. The molecule has 194 valence electrons. The number of carbonyl (C=O) groups excluding carboxylic acids is 2. The minimum Gasteiger partial charge on any atom is -0.316 e. The second-order valence-electron chi connectivity index (χ2n) is 9.96. The molecule has 0 radical (unpaired) electrons. The molecule has 0 bridgehead atoms. The number of rotatable bonds is 5. The van der Waals surface area contributed by atoms with E-state index >= 15 is 0 Å². The standard InChI is InChI=1S/C31H31FN4O2/c1-20(2)35(31(38)33-25-16-11-21(3)22(4)18-25)19-29(37)36-27-9-6-5-8-26(27)34-17-7-10-28(34)30(36)23-12-14-24(32)15-13-23/h5-18,20,30H,19H2,1-4H3,(H,33,38). The first-order valence-corrected chi connectivity index (χ1v) is 12.7. The van der Waals surface area contributed by atoms with Gasteiger partial charge in [-0.05, 0) is 92.9 Å². The number of para-hydroxylation sites is 2. The van der Waals surface area contributed by atoms with Gasteiger partial charge in [-0.25, -0.2) is 9.18 Å². The number of hydrogen-bond acceptors (Lipinski definition) is 2. The number of anilines is 2. The lowest BCUT2D eigenvalue weighted by atomic mass is 9.97. The van der Waals surface area contributed by atoms with Crippen LogP contribution in [-0.4, -0.2) is 34.0 Å². The molecule has 0 spiro atoms. The SMILES string of the molecule is Cc1ccc(NC(=O)N(CC(=O)N2c3ccccc3-n3cccc3C2c2ccc(F)cc2)C(C)C)cc1C. The van der Waals surface area contributed by atoms with Crippen LogP contribution < -0.4 is 10.2 Å². The average molecular weight is 511 g/mol. The molecule has 1 atom stereocenters. The van der Waals surface area contributed by atoms with Crippen LogP contribution in [0.2, 0.25) is 0 Å². The van der Waals surface area contributed by atoms with Crippen LogP contribution in [0.3, 0.4) is 0 Å². The first kappa shape index (κ1) is 25.3. The Hall–Kier alpha value is -4.39. The molecule has 0 aliphatic carbocycles. The van der Waals surface area contributed by atoms with Gasteiger partial charge in [0.05, 0.1) is 17.1 Å². The Labute approximate surface area is 222 Å². The van der Waals surface area contributed by atoms with Crippen LogP contribution in [0.15, 0.2) is 85.1 Å². The lowest BCUT2D eigenvalue weighted by Gasteiger charge is -2.40. The zero-order valence-corrected chi connectivity index (χ0v) is 22.0. The number of benzene rings is 3. The van der Waals surface area contributed by atoms with Gasteiger partial charge in [0.2, 0.25) is 5.91 Å². The van der Waals surface area contributed by atoms with Crippen LogP contribution in [0.4, 0.5) is 20.6 Å². The molecule has 0 saturated heterocycles. The van der Waals surface area contributed by atoms with Gasteiger partial charge >= 0.3 is 6.03 Å². The first-order chi connectivity index (χ1) is 18.2. The van der Waals surface area contributed by atoms with Gasteiger partial charge in [0, 0.05) is 17.9 Å². The van der Waals surface area contributed by atoms with E-state index in [1.807, 2.05) is 88.5 Å². The Morgan fingerprint density at radius 3 is 2.32 bits per heavy atom. The number of aromatic nitrogens is 1. The van der Waals surface area contributed by atoms with Crippen LogP contribution in [0.5, 0.6) is 0 Å². The Morgan fingerprint density at radius 2 is 1.63 bits per heavy atom. The van der Waals surface area contributed by atoms with Gasteiger partial charge in [-0.2, -0.15) is 0 Å². The molecule has 2 heterocycles. The van der Waals surface area contributed by atoms with E-state index < -0.39 is 6.04 Å². The summed E-state index contributed by atoms with van der Waals surface area (Å²) in [6.45, 7) is 7.67. The van der Waals surface area contributed by atoms with E-state index in [1.54, 1.807) is 17.0 Å². The number of urea groups is 1. The molecule has 3 aromatic carbocycles. The molecule has 1 N–H and O–H groups in total. The molecule has 1 aromatic heterocycles. The number of carbonyl (C=O) groups is 2. The molecule has 7 heteroatoms. The second-order valence-corrected chi connectivity index (χ2v) is 9.96. The summed E-state index contributed by atoms with van der Waals surface area (Å²) in [4.78, 5) is 30.8. The molecule has 4 aromatic rings. The first-order valence-electron chi connectivity index (χ1n) is 12.7. The molecule has 1 aliphatic heterocycles. The van der Waals surface area contributed by atoms with Crippen molar-refractivity contribution in [2.75, 3.05) is 16.8 Å². The zero-order valence-electron chi connectivity index (χ0n) is 22.0. The van der Waals surface area contributed by atoms with E-state index in [0.717, 1.165) is 33.8 Å². The van der Waals surface area contributed by atoms with E-state index in [2.05, 4.69) is 9.88 Å². The topological polar surface area (TPSA) is 57.6 Å². The van der Waals surface area contributed by atoms with Gasteiger partial charge in [0.15, 0.2) is 0 Å². The van der Waals surface area contributed by atoms with Gasteiger partial charge in [-0.15, -0.1) is 0 Å². The van der Waals surface area contributed by atoms with Crippen molar-refractivity contribution < 1.29 is 14.0 Å². The van der Waals surface area contributed by atoms with Crippen molar-refractivity contribution in [2.45, 2.75) is 39.8 Å². The van der Waals surface area contributed by atoms with Crippen molar-refractivity contribution in [3.63, 3.8) is 0 Å². The third kappa shape index (κ3) is 4.67. The highest BCUT2D eigenvalue weighted by molar-refractivity contribution is 6.01. The molecule has 6 nitrogen and oxygen atoms in total. The van der Waals surface area contributed by atoms with Crippen molar-refractivity contribution in [2.24, 2.45) is 0 Å². The molecule has 1 aliphatic rings. The van der Waals surface area contributed by atoms with Gasteiger partial charge in [-0.1, -0.05) is 30.3 Å². The number of halogens is 1. The fraction of sp³-hybridized carbons (Fsp3) is 0.226. The van der Waals surface area contributed by atoms with Crippen molar-refractivity contribution in [1.82, 2.24) is 9.47 Å². The Balaban J connectivity index is 1.50. The largest absolute Gasteiger partial charge is 0.322 e. The molecule has 0 fully saturated rings. The van der Waals surface area contributed by atoms with E-state index in [-0.39, 0.29) is 30.3 Å². The summed E-state index contributed by atoms with van der Waals surface area (Å²) < 4.78 is 15.9. The lowest BCUT2D eigenvalue weighted by molar-refractivity contribution is -0.119. The summed E-state index contributed by atoms with van der Waals surface area (Å²) in [5, 5.41) is 2.95. The number of aryl methyl sites for hydroxylation is 2.